The van der Waals surface area contributed by atoms with Crippen LogP contribution in [-0.4, -0.2) is 38.3 Å². The number of carbonyl (C=O) groups excluding carboxylic acids is 1. The van der Waals surface area contributed by atoms with Crippen molar-refractivity contribution in [1.82, 2.24) is 32.0 Å². The van der Waals surface area contributed by atoms with Gasteiger partial charge in [-0.1, -0.05) is 146 Å². The molecule has 0 aliphatic rings. The zero-order chi connectivity index (χ0) is 64.7. The van der Waals surface area contributed by atoms with Crippen molar-refractivity contribution in [1.29, 1.82) is 0 Å². The summed E-state index contributed by atoms with van der Waals surface area (Å²) in [6.07, 6.45) is 0.897. The second-order valence-corrected chi connectivity index (χ2v) is 26.4. The van der Waals surface area contributed by atoms with Crippen LogP contribution in [0, 0.1) is 0 Å². The van der Waals surface area contributed by atoms with E-state index in [1.54, 1.807) is 0 Å². The van der Waals surface area contributed by atoms with Crippen LogP contribution in [-0.2, 0) is 0 Å². The van der Waals surface area contributed by atoms with Gasteiger partial charge in [-0.15, -0.1) is 0 Å². The van der Waals surface area contributed by atoms with E-state index >= 15 is 0 Å². The van der Waals surface area contributed by atoms with Crippen molar-refractivity contribution in [2.75, 3.05) is 0 Å². The molecule has 0 amide bonds. The molecular formula is C91H55N7O. The van der Waals surface area contributed by atoms with E-state index < -0.39 is 0 Å². The van der Waals surface area contributed by atoms with E-state index in [1.165, 1.54) is 92.1 Å². The Morgan fingerprint density at radius 3 is 0.495 bits per heavy atom. The Morgan fingerprint density at radius 1 is 0.152 bits per heavy atom. The van der Waals surface area contributed by atoms with Crippen LogP contribution < -0.4 is 0 Å². The summed E-state index contributed by atoms with van der Waals surface area (Å²) in [6, 6.07) is 120. The minimum atomic E-state index is 0.658. The average molecular weight is 1260 g/mol. The number of para-hydroxylation sites is 8. The summed E-state index contributed by atoms with van der Waals surface area (Å²) in [4.78, 5) is 11.6. The molecule has 7 aromatic heterocycles. The molecule has 0 N–H and O–H groups in total. The summed E-state index contributed by atoms with van der Waals surface area (Å²) < 4.78 is 16.9. The summed E-state index contributed by atoms with van der Waals surface area (Å²) in [6.45, 7) is 0. The van der Waals surface area contributed by atoms with Crippen LogP contribution in [0.3, 0.4) is 0 Å². The van der Waals surface area contributed by atoms with E-state index in [4.69, 9.17) is 0 Å². The van der Waals surface area contributed by atoms with E-state index in [1.807, 2.05) is 24.3 Å². The van der Waals surface area contributed by atoms with Crippen LogP contribution in [0.2, 0.25) is 0 Å². The molecule has 460 valence electrons. The first kappa shape index (κ1) is 53.9. The van der Waals surface area contributed by atoms with Gasteiger partial charge < -0.3 is 32.0 Å². The van der Waals surface area contributed by atoms with Gasteiger partial charge in [-0.05, 0) is 182 Å². The van der Waals surface area contributed by atoms with Gasteiger partial charge in [0.2, 0.25) is 0 Å². The lowest BCUT2D eigenvalue weighted by Gasteiger charge is -2.12. The van der Waals surface area contributed by atoms with E-state index in [2.05, 4.69) is 335 Å². The molecule has 7 heterocycles. The van der Waals surface area contributed by atoms with Crippen molar-refractivity contribution < 1.29 is 4.79 Å². The summed E-state index contributed by atoms with van der Waals surface area (Å²) >= 11 is 0. The maximum Gasteiger partial charge on any atom is 0.150 e. The Kier molecular flexibility index (Phi) is 11.0. The fourth-order valence-electron chi connectivity index (χ4n) is 17.2. The Labute approximate surface area is 565 Å². The van der Waals surface area contributed by atoms with Crippen LogP contribution in [0.5, 0.6) is 0 Å². The normalized spacial score (nSPS) is 12.3. The highest BCUT2D eigenvalue weighted by molar-refractivity contribution is 6.18. The molecule has 8 heteroatoms. The zero-order valence-corrected chi connectivity index (χ0v) is 53.3. The third-order valence-electron chi connectivity index (χ3n) is 21.4. The molecule has 8 nitrogen and oxygen atoms in total. The van der Waals surface area contributed by atoms with Gasteiger partial charge in [0.05, 0.1) is 77.2 Å². The number of nitrogens with zero attached hydrogens (tertiary/aromatic N) is 7. The van der Waals surface area contributed by atoms with E-state index in [-0.39, 0.29) is 0 Å². The second kappa shape index (κ2) is 20.3. The number of rotatable bonds is 8. The number of carbonyl (C=O) groups is 1. The summed E-state index contributed by atoms with van der Waals surface area (Å²) in [5.74, 6) is 0. The fraction of sp³-hybridized carbons (Fsp3) is 0. The Balaban J connectivity index is 0.653. The maximum absolute atomic E-state index is 11.6. The third-order valence-corrected chi connectivity index (χ3v) is 21.4. The van der Waals surface area contributed by atoms with Gasteiger partial charge in [0.15, 0.2) is 0 Å². The molecule has 22 aromatic rings. The van der Waals surface area contributed by atoms with Crippen LogP contribution >= 0.6 is 0 Å². The number of aldehydes is 1. The average Bonchev–Trinajstić information content (AvgIpc) is 1.58. The monoisotopic (exact) mass is 1260 g/mol. The largest absolute Gasteiger partial charge is 0.309 e. The predicted octanol–water partition coefficient (Wildman–Crippen LogP) is 23.2. The molecular weight excluding hydrogens is 1210 g/mol. The molecule has 0 radical (unpaired) electrons. The Morgan fingerprint density at radius 2 is 0.303 bits per heavy atom. The second-order valence-electron chi connectivity index (χ2n) is 26.4. The van der Waals surface area contributed by atoms with Gasteiger partial charge in [0.1, 0.15) is 6.29 Å². The lowest BCUT2D eigenvalue weighted by molar-refractivity contribution is 0.112. The van der Waals surface area contributed by atoms with Crippen LogP contribution in [0.1, 0.15) is 10.4 Å². The number of aromatic nitrogens is 7. The topological polar surface area (TPSA) is 51.6 Å². The molecule has 0 spiro atoms. The van der Waals surface area contributed by atoms with Gasteiger partial charge in [-0.25, -0.2) is 0 Å². The Hall–Kier alpha value is -13.4. The summed E-state index contributed by atoms with van der Waals surface area (Å²) in [5, 5.41) is 16.9. The lowest BCUT2D eigenvalue weighted by Crippen LogP contribution is -1.98. The van der Waals surface area contributed by atoms with E-state index in [0.29, 0.717) is 5.56 Å². The predicted molar refractivity (Wildman–Crippen MR) is 412 cm³/mol. The van der Waals surface area contributed by atoms with E-state index in [9.17, 15) is 4.79 Å². The highest BCUT2D eigenvalue weighted by Gasteiger charge is 2.24. The maximum atomic E-state index is 11.6. The smallest absolute Gasteiger partial charge is 0.150 e. The quantitative estimate of drug-likeness (QED) is 0.140. The van der Waals surface area contributed by atoms with Crippen LogP contribution in [0.4, 0.5) is 0 Å². The molecule has 22 rings (SSSR count). The lowest BCUT2D eigenvalue weighted by atomic mass is 10.1. The van der Waals surface area contributed by atoms with Crippen molar-refractivity contribution in [2.45, 2.75) is 0 Å². The standard InChI is InChI=1S/C91H55N7O/c99-55-56-33-35-57(36-34-56)92-80-27-11-3-19-66(80)72-50-59(37-43-86(72)92)94-82-29-13-5-21-68(82)74-52-61(39-45-88(74)94)96-84-31-15-7-23-70(84)76-54-63(41-47-90(76)96)98-85-32-16-8-24-71(85)77-53-62(42-48-91(77)98)97-83-30-14-6-22-69(83)75-51-60(40-46-89(75)97)95-81-28-12-4-20-67(81)73-49-58(38-44-87(73)95)93-78-25-9-1-17-64(78)65-18-2-10-26-79(65)93/h1-55H. The van der Waals surface area contributed by atoms with Gasteiger partial charge in [-0.3, -0.25) is 4.79 Å². The van der Waals surface area contributed by atoms with Crippen molar-refractivity contribution in [2.24, 2.45) is 0 Å². The molecule has 0 unspecified atom stereocenters. The minimum absolute atomic E-state index is 0.658. The third kappa shape index (κ3) is 7.54. The van der Waals surface area contributed by atoms with Crippen molar-refractivity contribution in [3.63, 3.8) is 0 Å². The number of hydrogen-bond donors (Lipinski definition) is 0. The number of fused-ring (bicyclic) bond motifs is 21. The molecule has 0 aliphatic carbocycles. The summed E-state index contributed by atoms with van der Waals surface area (Å²) in [7, 11) is 0. The molecule has 15 aromatic carbocycles. The highest BCUT2D eigenvalue weighted by atomic mass is 16.1. The number of benzene rings is 15. The van der Waals surface area contributed by atoms with Crippen LogP contribution in [0.25, 0.3) is 192 Å². The van der Waals surface area contributed by atoms with Gasteiger partial charge in [0.25, 0.3) is 0 Å². The molecule has 0 bridgehead atoms. The van der Waals surface area contributed by atoms with Crippen molar-refractivity contribution in [3.05, 3.63) is 333 Å². The molecule has 0 saturated heterocycles. The fourth-order valence-corrected chi connectivity index (χ4v) is 17.2. The molecule has 0 saturated carbocycles. The SMILES string of the molecule is O=Cc1ccc(-n2c3ccccc3c3cc(-n4c5ccccc5c5cc(-n6c7ccccc7c7cc(-n8c9ccccc9c9cc(-n%10c%11ccccc%11c%11cc(-n%12c%13ccccc%13c%13cc(-n%14c%15ccccc%15c%15ccccc%15%14)ccc%13%12)ccc%11%10)ccc98)ccc76)ccc54)ccc32)cc1. The molecule has 0 fully saturated rings. The molecule has 0 aliphatic heterocycles. The number of hydrogen-bond acceptors (Lipinski definition) is 1. The first-order valence-corrected chi connectivity index (χ1v) is 33.8. The van der Waals surface area contributed by atoms with Gasteiger partial charge >= 0.3 is 0 Å². The zero-order valence-electron chi connectivity index (χ0n) is 53.3. The van der Waals surface area contributed by atoms with E-state index in [0.717, 1.165) is 107 Å². The first-order chi connectivity index (χ1) is 49.1. The highest BCUT2D eigenvalue weighted by Crippen LogP contribution is 2.44. The summed E-state index contributed by atoms with van der Waals surface area (Å²) in [5.41, 5.74) is 24.6. The molecule has 0 atom stereocenters. The Bertz CT molecular complexity index is 7200. The first-order valence-electron chi connectivity index (χ1n) is 33.8. The van der Waals surface area contributed by atoms with Gasteiger partial charge in [-0.2, -0.15) is 0 Å². The van der Waals surface area contributed by atoms with Crippen molar-refractivity contribution >= 4 is 159 Å². The molecule has 99 heavy (non-hydrogen) atoms. The van der Waals surface area contributed by atoms with Crippen LogP contribution in [0.15, 0.2) is 328 Å². The van der Waals surface area contributed by atoms with Crippen molar-refractivity contribution in [3.8, 4) is 39.8 Å². The van der Waals surface area contributed by atoms with Gasteiger partial charge in [0, 0.05) is 121 Å². The minimum Gasteiger partial charge on any atom is -0.309 e.